The molecule has 1 aliphatic rings. The highest BCUT2D eigenvalue weighted by Gasteiger charge is 2.31. The lowest BCUT2D eigenvalue weighted by Crippen LogP contribution is -1.98. The normalized spacial score (nSPS) is 15.2. The van der Waals surface area contributed by atoms with E-state index in [1.165, 1.54) is 6.07 Å². The number of phenolic OH excluding ortho intramolecular Hbond substituents is 1. The van der Waals surface area contributed by atoms with Crippen molar-refractivity contribution in [2.24, 2.45) is 0 Å². The Morgan fingerprint density at radius 3 is 2.52 bits per heavy atom. The summed E-state index contributed by atoms with van der Waals surface area (Å²) < 4.78 is 6.05. The fraction of sp³-hybridized carbons (Fsp3) is 0. The molecule has 2 aromatic carbocycles. The third-order valence-electron chi connectivity index (χ3n) is 2.99. The Hall–Kier alpha value is -1.49. The number of rotatable bonds is 1. The van der Waals surface area contributed by atoms with Crippen LogP contribution in [0.5, 0.6) is 11.5 Å². The van der Waals surface area contributed by atoms with Crippen molar-refractivity contribution in [3.8, 4) is 11.5 Å². The SMILES string of the molecule is O=C1C(=Cc2ccc(O)c(Br)c2)Oc2c(Cl)ccc(Cl)c21. The number of phenols is 1. The zero-order chi connectivity index (χ0) is 15.1. The van der Waals surface area contributed by atoms with E-state index >= 15 is 0 Å². The molecule has 0 saturated heterocycles. The van der Waals surface area contributed by atoms with E-state index in [1.54, 1.807) is 30.3 Å². The lowest BCUT2D eigenvalue weighted by Gasteiger charge is -2.02. The topological polar surface area (TPSA) is 46.5 Å². The smallest absolute Gasteiger partial charge is 0.233 e. The average Bonchev–Trinajstić information content (AvgIpc) is 2.77. The molecule has 0 amide bonds. The molecule has 0 aliphatic carbocycles. The van der Waals surface area contributed by atoms with E-state index in [1.807, 2.05) is 0 Å². The van der Waals surface area contributed by atoms with Crippen LogP contribution in [0.3, 0.4) is 0 Å². The molecule has 0 atom stereocenters. The van der Waals surface area contributed by atoms with Crippen LogP contribution in [0.1, 0.15) is 15.9 Å². The fourth-order valence-electron chi connectivity index (χ4n) is 1.98. The quantitative estimate of drug-likeness (QED) is 0.696. The first-order chi connectivity index (χ1) is 9.97. The molecule has 106 valence electrons. The van der Waals surface area contributed by atoms with Crippen molar-refractivity contribution < 1.29 is 14.6 Å². The van der Waals surface area contributed by atoms with Gasteiger partial charge in [-0.15, -0.1) is 0 Å². The summed E-state index contributed by atoms with van der Waals surface area (Å²) in [5, 5.41) is 10.1. The zero-order valence-corrected chi connectivity index (χ0v) is 13.5. The summed E-state index contributed by atoms with van der Waals surface area (Å²) in [6.45, 7) is 0. The number of carbonyl (C=O) groups excluding carboxylic acids is 1. The first-order valence-corrected chi connectivity index (χ1v) is 7.43. The molecular formula is C15H7BrCl2O3. The van der Waals surface area contributed by atoms with Crippen molar-refractivity contribution in [1.82, 2.24) is 0 Å². The summed E-state index contributed by atoms with van der Waals surface area (Å²) in [6, 6.07) is 7.99. The van der Waals surface area contributed by atoms with E-state index in [0.29, 0.717) is 20.1 Å². The second-order valence-corrected chi connectivity index (χ2v) is 6.05. The van der Waals surface area contributed by atoms with Gasteiger partial charge in [-0.25, -0.2) is 0 Å². The lowest BCUT2D eigenvalue weighted by atomic mass is 10.1. The molecule has 21 heavy (non-hydrogen) atoms. The van der Waals surface area contributed by atoms with Crippen LogP contribution in [-0.2, 0) is 0 Å². The van der Waals surface area contributed by atoms with Gasteiger partial charge in [-0.2, -0.15) is 0 Å². The highest BCUT2D eigenvalue weighted by atomic mass is 79.9. The van der Waals surface area contributed by atoms with Crippen LogP contribution in [0.15, 0.2) is 40.6 Å². The second kappa shape index (κ2) is 5.37. The maximum absolute atomic E-state index is 12.3. The number of ketones is 1. The van der Waals surface area contributed by atoms with Crippen LogP contribution in [0.4, 0.5) is 0 Å². The Morgan fingerprint density at radius 1 is 1.14 bits per heavy atom. The molecule has 6 heteroatoms. The van der Waals surface area contributed by atoms with Crippen LogP contribution in [0.2, 0.25) is 10.0 Å². The molecule has 3 nitrogen and oxygen atoms in total. The highest BCUT2D eigenvalue weighted by Crippen LogP contribution is 2.41. The van der Waals surface area contributed by atoms with Crippen molar-refractivity contribution in [2.75, 3.05) is 0 Å². The largest absolute Gasteiger partial charge is 0.507 e. The number of carbonyl (C=O) groups is 1. The highest BCUT2D eigenvalue weighted by molar-refractivity contribution is 9.10. The van der Waals surface area contributed by atoms with Crippen molar-refractivity contribution in [3.05, 3.63) is 61.7 Å². The van der Waals surface area contributed by atoms with Crippen LogP contribution >= 0.6 is 39.1 Å². The predicted molar refractivity (Wildman–Crippen MR) is 85.2 cm³/mol. The molecule has 0 unspecified atom stereocenters. The van der Waals surface area contributed by atoms with Crippen molar-refractivity contribution in [3.63, 3.8) is 0 Å². The number of halogens is 3. The summed E-state index contributed by atoms with van der Waals surface area (Å²) in [4.78, 5) is 12.3. The predicted octanol–water partition coefficient (Wildman–Crippen LogP) is 5.08. The number of allylic oxidation sites excluding steroid dienone is 1. The summed E-state index contributed by atoms with van der Waals surface area (Å²) in [5.41, 5.74) is 0.969. The number of Topliss-reactive ketones (excluding diaryl/α,β-unsaturated/α-hetero) is 1. The molecule has 2 aromatic rings. The van der Waals surface area contributed by atoms with E-state index in [2.05, 4.69) is 15.9 Å². The molecule has 0 fully saturated rings. The molecule has 1 N–H and O–H groups in total. The van der Waals surface area contributed by atoms with Gasteiger partial charge >= 0.3 is 0 Å². The zero-order valence-electron chi connectivity index (χ0n) is 10.4. The van der Waals surface area contributed by atoms with Gasteiger partial charge in [-0.1, -0.05) is 29.3 Å². The summed E-state index contributed by atoms with van der Waals surface area (Å²) in [6.07, 6.45) is 1.57. The van der Waals surface area contributed by atoms with Gasteiger partial charge in [-0.3, -0.25) is 4.79 Å². The van der Waals surface area contributed by atoms with E-state index in [4.69, 9.17) is 27.9 Å². The molecule has 0 saturated carbocycles. The van der Waals surface area contributed by atoms with Gasteiger partial charge in [0.2, 0.25) is 5.78 Å². The lowest BCUT2D eigenvalue weighted by molar-refractivity contribution is 0.101. The monoisotopic (exact) mass is 384 g/mol. The van der Waals surface area contributed by atoms with Crippen LogP contribution in [-0.4, -0.2) is 10.9 Å². The number of hydrogen-bond acceptors (Lipinski definition) is 3. The van der Waals surface area contributed by atoms with E-state index in [0.717, 1.165) is 0 Å². The van der Waals surface area contributed by atoms with Crippen molar-refractivity contribution >= 4 is 51.0 Å². The first-order valence-electron chi connectivity index (χ1n) is 5.88. The van der Waals surface area contributed by atoms with Crippen molar-refractivity contribution in [2.45, 2.75) is 0 Å². The van der Waals surface area contributed by atoms with Gasteiger partial charge in [0, 0.05) is 0 Å². The summed E-state index contributed by atoms with van der Waals surface area (Å²) in [5.74, 6) is 0.211. The number of fused-ring (bicyclic) bond motifs is 1. The molecule has 1 heterocycles. The molecule has 1 aliphatic heterocycles. The first kappa shape index (κ1) is 14.4. The standard InChI is InChI=1S/C15H7BrCl2O3/c16-8-5-7(1-4-11(8)19)6-12-14(20)13-9(17)2-3-10(18)15(13)21-12/h1-6,19H. The van der Waals surface area contributed by atoms with E-state index in [-0.39, 0.29) is 28.6 Å². The average molecular weight is 386 g/mol. The molecule has 0 spiro atoms. The molecule has 0 aromatic heterocycles. The summed E-state index contributed by atoms with van der Waals surface area (Å²) in [7, 11) is 0. The Kier molecular flexibility index (Phi) is 3.69. The third kappa shape index (κ3) is 2.55. The van der Waals surface area contributed by atoms with Gasteiger partial charge in [0.15, 0.2) is 11.5 Å². The van der Waals surface area contributed by atoms with Crippen LogP contribution in [0, 0.1) is 0 Å². The minimum atomic E-state index is -0.318. The van der Waals surface area contributed by atoms with E-state index in [9.17, 15) is 9.90 Å². The third-order valence-corrected chi connectivity index (χ3v) is 4.24. The van der Waals surface area contributed by atoms with E-state index < -0.39 is 0 Å². The molecule has 3 rings (SSSR count). The van der Waals surface area contributed by atoms with Gasteiger partial charge in [-0.05, 0) is 51.8 Å². The minimum absolute atomic E-state index is 0.116. The maximum atomic E-state index is 12.3. The Bertz CT molecular complexity index is 800. The van der Waals surface area contributed by atoms with Crippen LogP contribution < -0.4 is 4.74 Å². The Morgan fingerprint density at radius 2 is 1.86 bits per heavy atom. The summed E-state index contributed by atoms with van der Waals surface area (Å²) >= 11 is 15.3. The van der Waals surface area contributed by atoms with Gasteiger partial charge in [0.25, 0.3) is 0 Å². The van der Waals surface area contributed by atoms with Gasteiger partial charge in [0.1, 0.15) is 5.75 Å². The maximum Gasteiger partial charge on any atom is 0.233 e. The Balaban J connectivity index is 2.05. The van der Waals surface area contributed by atoms with Gasteiger partial charge < -0.3 is 9.84 Å². The van der Waals surface area contributed by atoms with Gasteiger partial charge in [0.05, 0.1) is 20.1 Å². The second-order valence-electron chi connectivity index (χ2n) is 4.38. The molecule has 0 radical (unpaired) electrons. The van der Waals surface area contributed by atoms with Crippen molar-refractivity contribution in [1.29, 1.82) is 0 Å². The number of hydrogen-bond donors (Lipinski definition) is 1. The Labute approximate surface area is 138 Å². The number of ether oxygens (including phenoxy) is 1. The number of benzene rings is 2. The molecular weight excluding hydrogens is 379 g/mol. The van der Waals surface area contributed by atoms with Crippen LogP contribution in [0.25, 0.3) is 6.08 Å². The molecule has 0 bridgehead atoms. The minimum Gasteiger partial charge on any atom is -0.507 e. The number of aromatic hydroxyl groups is 1. The fourth-order valence-corrected chi connectivity index (χ4v) is 2.81.